The van der Waals surface area contributed by atoms with E-state index in [1.165, 1.54) is 0 Å². The van der Waals surface area contributed by atoms with Crippen LogP contribution >= 0.6 is 0 Å². The SMILES string of the molecule is NC1(C(=O)N2CCC[C@H](C(=O)O)C2)CC1. The predicted molar refractivity (Wildman–Crippen MR) is 53.1 cm³/mol. The quantitative estimate of drug-likeness (QED) is 0.664. The van der Waals surface area contributed by atoms with E-state index in [9.17, 15) is 9.59 Å². The normalized spacial score (nSPS) is 28.6. The molecule has 1 saturated heterocycles. The van der Waals surface area contributed by atoms with Crippen molar-refractivity contribution in [2.75, 3.05) is 13.1 Å². The zero-order valence-corrected chi connectivity index (χ0v) is 8.61. The van der Waals surface area contributed by atoms with Gasteiger partial charge in [-0.2, -0.15) is 0 Å². The highest BCUT2D eigenvalue weighted by Crippen LogP contribution is 2.35. The molecule has 1 atom stereocenters. The topological polar surface area (TPSA) is 83.6 Å². The molecule has 1 aliphatic heterocycles. The number of hydrogen-bond acceptors (Lipinski definition) is 3. The Morgan fingerprint density at radius 2 is 2.07 bits per heavy atom. The van der Waals surface area contributed by atoms with Crippen molar-refractivity contribution in [3.63, 3.8) is 0 Å². The lowest BCUT2D eigenvalue weighted by atomic mass is 9.97. The van der Waals surface area contributed by atoms with E-state index in [1.807, 2.05) is 0 Å². The molecule has 0 bridgehead atoms. The molecule has 3 N–H and O–H groups in total. The maximum atomic E-state index is 11.9. The van der Waals surface area contributed by atoms with Crippen LogP contribution in [0.2, 0.25) is 0 Å². The highest BCUT2D eigenvalue weighted by molar-refractivity contribution is 5.89. The first-order chi connectivity index (χ1) is 7.03. The van der Waals surface area contributed by atoms with Crippen molar-refractivity contribution in [3.05, 3.63) is 0 Å². The Balaban J connectivity index is 1.98. The standard InChI is InChI=1S/C10H16N2O3/c11-10(3-4-10)9(15)12-5-1-2-7(6-12)8(13)14/h7H,1-6,11H2,(H,13,14)/t7-/m0/s1. The molecule has 1 aliphatic carbocycles. The molecule has 0 aromatic rings. The predicted octanol–water partition coefficient (Wildman–Crippen LogP) is -0.199. The van der Waals surface area contributed by atoms with Crippen LogP contribution in [0.4, 0.5) is 0 Å². The highest BCUT2D eigenvalue weighted by Gasteiger charge is 2.48. The summed E-state index contributed by atoms with van der Waals surface area (Å²) in [6, 6.07) is 0. The summed E-state index contributed by atoms with van der Waals surface area (Å²) in [4.78, 5) is 24.3. The Hall–Kier alpha value is -1.10. The first-order valence-electron chi connectivity index (χ1n) is 5.34. The van der Waals surface area contributed by atoms with Gasteiger partial charge in [0.15, 0.2) is 0 Å². The number of carbonyl (C=O) groups excluding carboxylic acids is 1. The zero-order valence-electron chi connectivity index (χ0n) is 8.61. The molecule has 5 heteroatoms. The van der Waals surface area contributed by atoms with Crippen LogP contribution in [0.3, 0.4) is 0 Å². The number of piperidine rings is 1. The second-order valence-electron chi connectivity index (χ2n) is 4.58. The summed E-state index contributed by atoms with van der Waals surface area (Å²) < 4.78 is 0. The van der Waals surface area contributed by atoms with E-state index in [1.54, 1.807) is 4.90 Å². The minimum absolute atomic E-state index is 0.0616. The van der Waals surface area contributed by atoms with Gasteiger partial charge in [-0.25, -0.2) is 0 Å². The largest absolute Gasteiger partial charge is 0.481 e. The summed E-state index contributed by atoms with van der Waals surface area (Å²) in [5.41, 5.74) is 5.14. The molecule has 15 heavy (non-hydrogen) atoms. The first-order valence-corrected chi connectivity index (χ1v) is 5.34. The fourth-order valence-corrected chi connectivity index (χ4v) is 2.03. The van der Waals surface area contributed by atoms with Crippen LogP contribution in [0.1, 0.15) is 25.7 Å². The van der Waals surface area contributed by atoms with Crippen molar-refractivity contribution in [1.82, 2.24) is 4.90 Å². The average Bonchev–Trinajstić information content (AvgIpc) is 2.97. The summed E-state index contributed by atoms with van der Waals surface area (Å²) in [7, 11) is 0. The van der Waals surface area contributed by atoms with Gasteiger partial charge in [0.1, 0.15) is 0 Å². The van der Waals surface area contributed by atoms with E-state index in [4.69, 9.17) is 10.8 Å². The van der Waals surface area contributed by atoms with Crippen LogP contribution < -0.4 is 5.73 Å². The maximum absolute atomic E-state index is 11.9. The minimum Gasteiger partial charge on any atom is -0.481 e. The smallest absolute Gasteiger partial charge is 0.308 e. The number of rotatable bonds is 2. The summed E-state index contributed by atoms with van der Waals surface area (Å²) in [5.74, 6) is -1.28. The van der Waals surface area contributed by atoms with Crippen LogP contribution in [-0.4, -0.2) is 40.5 Å². The third kappa shape index (κ3) is 1.97. The number of carboxylic acids is 1. The highest BCUT2D eigenvalue weighted by atomic mass is 16.4. The number of aliphatic carboxylic acids is 1. The lowest BCUT2D eigenvalue weighted by molar-refractivity contribution is -0.146. The average molecular weight is 212 g/mol. The van der Waals surface area contributed by atoms with Crippen LogP contribution in [-0.2, 0) is 9.59 Å². The van der Waals surface area contributed by atoms with Gasteiger partial charge >= 0.3 is 5.97 Å². The Kier molecular flexibility index (Phi) is 2.42. The lowest BCUT2D eigenvalue weighted by Gasteiger charge is -2.32. The van der Waals surface area contributed by atoms with Gasteiger partial charge in [0.2, 0.25) is 5.91 Å². The monoisotopic (exact) mass is 212 g/mol. The van der Waals surface area contributed by atoms with E-state index < -0.39 is 17.4 Å². The molecule has 0 unspecified atom stereocenters. The molecule has 0 aromatic heterocycles. The molecule has 2 fully saturated rings. The van der Waals surface area contributed by atoms with Gasteiger partial charge in [-0.1, -0.05) is 0 Å². The van der Waals surface area contributed by atoms with Gasteiger partial charge in [-0.05, 0) is 25.7 Å². The number of nitrogens with two attached hydrogens (primary N) is 1. The van der Waals surface area contributed by atoms with Crippen molar-refractivity contribution >= 4 is 11.9 Å². The van der Waals surface area contributed by atoms with Crippen molar-refractivity contribution < 1.29 is 14.7 Å². The van der Waals surface area contributed by atoms with E-state index in [0.29, 0.717) is 19.5 Å². The molecule has 1 heterocycles. The lowest BCUT2D eigenvalue weighted by Crippen LogP contribution is -2.50. The molecule has 0 spiro atoms. The zero-order chi connectivity index (χ0) is 11.1. The first kappa shape index (κ1) is 10.4. The number of likely N-dealkylation sites (tertiary alicyclic amines) is 1. The summed E-state index contributed by atoms with van der Waals surface area (Å²) >= 11 is 0. The van der Waals surface area contributed by atoms with Crippen molar-refractivity contribution in [3.8, 4) is 0 Å². The summed E-state index contributed by atoms with van der Waals surface area (Å²) in [6.45, 7) is 0.981. The van der Waals surface area contributed by atoms with E-state index >= 15 is 0 Å². The van der Waals surface area contributed by atoms with Gasteiger partial charge in [0, 0.05) is 13.1 Å². The fourth-order valence-electron chi connectivity index (χ4n) is 2.03. The Morgan fingerprint density at radius 3 is 2.60 bits per heavy atom. The Morgan fingerprint density at radius 1 is 1.40 bits per heavy atom. The van der Waals surface area contributed by atoms with E-state index in [0.717, 1.165) is 19.3 Å². The number of hydrogen-bond donors (Lipinski definition) is 2. The van der Waals surface area contributed by atoms with Crippen LogP contribution in [0, 0.1) is 5.92 Å². The number of carboxylic acid groups (broad SMARTS) is 1. The molecule has 5 nitrogen and oxygen atoms in total. The molecule has 1 saturated carbocycles. The van der Waals surface area contributed by atoms with Crippen LogP contribution in [0.25, 0.3) is 0 Å². The number of amides is 1. The molecule has 1 amide bonds. The van der Waals surface area contributed by atoms with Crippen LogP contribution in [0.5, 0.6) is 0 Å². The number of nitrogens with zero attached hydrogens (tertiary/aromatic N) is 1. The van der Waals surface area contributed by atoms with Gasteiger partial charge < -0.3 is 15.7 Å². The van der Waals surface area contributed by atoms with Gasteiger partial charge in [-0.15, -0.1) is 0 Å². The molecule has 0 aromatic carbocycles. The molecule has 0 radical (unpaired) electrons. The second kappa shape index (κ2) is 3.48. The third-order valence-electron chi connectivity index (χ3n) is 3.27. The Labute approximate surface area is 88.2 Å². The molecule has 84 valence electrons. The molecular weight excluding hydrogens is 196 g/mol. The van der Waals surface area contributed by atoms with E-state index in [-0.39, 0.29) is 5.91 Å². The van der Waals surface area contributed by atoms with Gasteiger partial charge in [0.05, 0.1) is 11.5 Å². The van der Waals surface area contributed by atoms with Gasteiger partial charge in [-0.3, -0.25) is 9.59 Å². The van der Waals surface area contributed by atoms with Crippen molar-refractivity contribution in [2.24, 2.45) is 11.7 Å². The molecule has 2 rings (SSSR count). The third-order valence-corrected chi connectivity index (χ3v) is 3.27. The maximum Gasteiger partial charge on any atom is 0.308 e. The number of carbonyl (C=O) groups is 2. The molecular formula is C10H16N2O3. The van der Waals surface area contributed by atoms with Crippen LogP contribution in [0.15, 0.2) is 0 Å². The summed E-state index contributed by atoms with van der Waals surface area (Å²) in [5, 5.41) is 8.89. The van der Waals surface area contributed by atoms with Crippen molar-refractivity contribution in [1.29, 1.82) is 0 Å². The molecule has 2 aliphatic rings. The Bertz CT molecular complexity index is 299. The second-order valence-corrected chi connectivity index (χ2v) is 4.58. The van der Waals surface area contributed by atoms with Crippen molar-refractivity contribution in [2.45, 2.75) is 31.2 Å². The fraction of sp³-hybridized carbons (Fsp3) is 0.800. The van der Waals surface area contributed by atoms with Gasteiger partial charge in [0.25, 0.3) is 0 Å². The summed E-state index contributed by atoms with van der Waals surface area (Å²) in [6.07, 6.45) is 2.90. The van der Waals surface area contributed by atoms with E-state index in [2.05, 4.69) is 0 Å². The minimum atomic E-state index is -0.811.